The van der Waals surface area contributed by atoms with Crippen molar-refractivity contribution in [3.05, 3.63) is 186 Å². The van der Waals surface area contributed by atoms with Gasteiger partial charge in [-0.3, -0.25) is 0 Å². The molecule has 0 saturated heterocycles. The van der Waals surface area contributed by atoms with Crippen LogP contribution in [0.25, 0.3) is 101 Å². The van der Waals surface area contributed by atoms with Gasteiger partial charge in [0.05, 0.1) is 11.0 Å². The van der Waals surface area contributed by atoms with Gasteiger partial charge in [-0.2, -0.15) is 0 Å². The van der Waals surface area contributed by atoms with Crippen LogP contribution in [0.4, 0.5) is 0 Å². The van der Waals surface area contributed by atoms with Gasteiger partial charge in [-0.15, -0.1) is 0 Å². The van der Waals surface area contributed by atoms with E-state index in [-0.39, 0.29) is 17.5 Å². The number of nitrogens with zero attached hydrogens (tertiary/aromatic N) is 2. The van der Waals surface area contributed by atoms with Gasteiger partial charge in [-0.05, 0) is 128 Å². The van der Waals surface area contributed by atoms with Crippen molar-refractivity contribution in [3.8, 4) is 44.8 Å². The van der Waals surface area contributed by atoms with Crippen molar-refractivity contribution < 1.29 is 0 Å². The number of fused-ring (bicyclic) bond motifs is 10. The van der Waals surface area contributed by atoms with E-state index in [0.29, 0.717) is 0 Å². The van der Waals surface area contributed by atoms with E-state index in [4.69, 9.17) is 0 Å². The van der Waals surface area contributed by atoms with Crippen LogP contribution in [0.5, 0.6) is 0 Å². The third kappa shape index (κ3) is 5.83. The molecule has 10 aromatic rings. The largest absolute Gasteiger partial charge is 0.362 e. The average Bonchev–Trinajstić information content (AvgIpc) is 3.87. The number of hydrogen-bond donors (Lipinski definition) is 1. The van der Waals surface area contributed by atoms with Gasteiger partial charge in [0.1, 0.15) is 0 Å². The molecule has 0 atom stereocenters. The van der Waals surface area contributed by atoms with Crippen LogP contribution in [0.15, 0.2) is 164 Å². The predicted octanol–water partition coefficient (Wildman–Crippen LogP) is 12.4. The SMILES string of the molecule is CC(C)(C)c1ccc2c3ccc(C(C)(C)C)cc3n(-c3cc4c5c(c3)-n3c6c(c7cc(-c8ccccc8)cc(c73)B5c3c[nH]c5ccccc5c-4cc(-c4ccccc4)c3)=CCCC=6)c2c1. The summed E-state index contributed by atoms with van der Waals surface area (Å²) >= 11 is 0. The smallest absolute Gasteiger partial charge is 0.249 e. The van der Waals surface area contributed by atoms with E-state index in [1.165, 1.54) is 121 Å². The van der Waals surface area contributed by atoms with Crippen LogP contribution in [0.2, 0.25) is 0 Å². The summed E-state index contributed by atoms with van der Waals surface area (Å²) in [5, 5.41) is 7.73. The number of nitrogens with one attached hydrogen (secondary N) is 1. The van der Waals surface area contributed by atoms with Crippen molar-refractivity contribution in [2.24, 2.45) is 0 Å². The normalized spacial score (nSPS) is 13.7. The number of benzene rings is 7. The van der Waals surface area contributed by atoms with Crippen molar-refractivity contribution in [2.45, 2.75) is 65.2 Å². The monoisotopic (exact) mass is 849 g/mol. The maximum Gasteiger partial charge on any atom is 0.249 e. The van der Waals surface area contributed by atoms with Crippen LogP contribution in [0, 0.1) is 0 Å². The first-order valence-electron chi connectivity index (χ1n) is 23.8. The Bertz CT molecular complexity index is 3810. The lowest BCUT2D eigenvalue weighted by molar-refractivity contribution is 0.591. The minimum absolute atomic E-state index is 0.0213. The molecular formula is C62H52BN3. The quantitative estimate of drug-likeness (QED) is 0.171. The summed E-state index contributed by atoms with van der Waals surface area (Å²) in [4.78, 5) is 3.90. The summed E-state index contributed by atoms with van der Waals surface area (Å²) in [6.45, 7) is 13.9. The summed E-state index contributed by atoms with van der Waals surface area (Å²) in [7, 11) is 0. The second-order valence-corrected chi connectivity index (χ2v) is 21.0. The Balaban J connectivity index is 1.26. The Labute approximate surface area is 386 Å². The average molecular weight is 850 g/mol. The first-order valence-corrected chi connectivity index (χ1v) is 23.8. The third-order valence-electron chi connectivity index (χ3n) is 14.8. The number of aromatic nitrogens is 3. The van der Waals surface area contributed by atoms with E-state index in [2.05, 4.69) is 232 Å². The molecule has 66 heavy (non-hydrogen) atoms. The Morgan fingerprint density at radius 3 is 1.79 bits per heavy atom. The van der Waals surface area contributed by atoms with Crippen molar-refractivity contribution in [1.82, 2.24) is 14.1 Å². The molecule has 1 aliphatic carbocycles. The zero-order valence-corrected chi connectivity index (χ0v) is 38.6. The van der Waals surface area contributed by atoms with Crippen LogP contribution in [0.3, 0.4) is 0 Å². The Hall–Kier alpha value is -7.30. The van der Waals surface area contributed by atoms with Gasteiger partial charge >= 0.3 is 0 Å². The van der Waals surface area contributed by atoms with Gasteiger partial charge in [0.25, 0.3) is 0 Å². The molecule has 318 valence electrons. The van der Waals surface area contributed by atoms with Crippen LogP contribution < -0.4 is 27.0 Å². The fourth-order valence-corrected chi connectivity index (χ4v) is 11.5. The molecule has 0 unspecified atom stereocenters. The first kappa shape index (κ1) is 39.1. The van der Waals surface area contributed by atoms with Gasteiger partial charge in [0.15, 0.2) is 0 Å². The number of hydrogen-bond acceptors (Lipinski definition) is 0. The Kier molecular flexibility index (Phi) is 8.36. The molecule has 6 heterocycles. The molecule has 2 bridgehead atoms. The molecule has 0 saturated carbocycles. The lowest BCUT2D eigenvalue weighted by Gasteiger charge is -2.31. The molecule has 0 amide bonds. The van der Waals surface area contributed by atoms with Crippen LogP contribution in [-0.4, -0.2) is 20.8 Å². The van der Waals surface area contributed by atoms with E-state index in [9.17, 15) is 0 Å². The third-order valence-corrected chi connectivity index (χ3v) is 14.8. The lowest BCUT2D eigenvalue weighted by Crippen LogP contribution is -2.57. The van der Waals surface area contributed by atoms with Crippen molar-refractivity contribution in [1.29, 1.82) is 0 Å². The molecule has 0 radical (unpaired) electrons. The summed E-state index contributed by atoms with van der Waals surface area (Å²) in [5.41, 5.74) is 21.2. The maximum absolute atomic E-state index is 3.90. The van der Waals surface area contributed by atoms with Crippen LogP contribution in [-0.2, 0) is 10.8 Å². The van der Waals surface area contributed by atoms with E-state index in [0.717, 1.165) is 18.4 Å². The molecule has 4 heteroatoms. The molecule has 3 aliphatic heterocycles. The summed E-state index contributed by atoms with van der Waals surface area (Å²) < 4.78 is 5.26. The van der Waals surface area contributed by atoms with Gasteiger partial charge < -0.3 is 14.1 Å². The predicted molar refractivity (Wildman–Crippen MR) is 283 cm³/mol. The zero-order valence-electron chi connectivity index (χ0n) is 38.6. The van der Waals surface area contributed by atoms with Gasteiger partial charge in [0, 0.05) is 54.5 Å². The Morgan fingerprint density at radius 1 is 0.500 bits per heavy atom. The number of rotatable bonds is 3. The summed E-state index contributed by atoms with van der Waals surface area (Å²) in [5.74, 6) is 0. The molecule has 3 nitrogen and oxygen atoms in total. The standard InChI is InChI=1S/C62H52BN3/c1-61(2,3)42-25-27-48-49-28-26-43(62(4,5)6)34-57(49)65(56(48)33-42)45-35-51-50-30-40(38-17-9-7-10-18-38)29-44(37-64-54-23-15-13-21-46(50)54)63-53-32-41(39-19-11-8-12-20-39)31-52-47-22-14-16-24-55(47)66(60(52)53)58(36-45)59(51)63/h7-13,15,17-37,64H,14,16H2,1-6H3. The van der Waals surface area contributed by atoms with Gasteiger partial charge in [-0.1, -0.05) is 174 Å². The highest BCUT2D eigenvalue weighted by Gasteiger charge is 2.38. The molecule has 4 aliphatic rings. The van der Waals surface area contributed by atoms with Crippen molar-refractivity contribution >= 4 is 78.9 Å². The van der Waals surface area contributed by atoms with Crippen LogP contribution >= 0.6 is 0 Å². The highest BCUT2D eigenvalue weighted by molar-refractivity contribution is 6.98. The maximum atomic E-state index is 3.90. The zero-order chi connectivity index (χ0) is 44.6. The molecule has 1 N–H and O–H groups in total. The van der Waals surface area contributed by atoms with E-state index in [1.54, 1.807) is 0 Å². The fraction of sp³-hybridized carbons (Fsp3) is 0.161. The minimum Gasteiger partial charge on any atom is -0.362 e. The number of aromatic amines is 1. The molecule has 3 aromatic heterocycles. The van der Waals surface area contributed by atoms with E-state index < -0.39 is 0 Å². The van der Waals surface area contributed by atoms with Crippen LogP contribution in [0.1, 0.15) is 65.5 Å². The molecule has 7 aromatic carbocycles. The molecule has 14 rings (SSSR count). The summed E-state index contributed by atoms with van der Waals surface area (Å²) in [6.07, 6.45) is 9.37. The Morgan fingerprint density at radius 2 is 1.12 bits per heavy atom. The number of H-pyrrole nitrogens is 1. The molecule has 0 spiro atoms. The fourth-order valence-electron chi connectivity index (χ4n) is 11.5. The topological polar surface area (TPSA) is 25.6 Å². The lowest BCUT2D eigenvalue weighted by atomic mass is 9.34. The van der Waals surface area contributed by atoms with E-state index in [1.807, 2.05) is 0 Å². The second kappa shape index (κ2) is 14.1. The van der Waals surface area contributed by atoms with Gasteiger partial charge in [0.2, 0.25) is 6.71 Å². The highest BCUT2D eigenvalue weighted by Crippen LogP contribution is 2.41. The number of para-hydroxylation sites is 1. The molecular weight excluding hydrogens is 798 g/mol. The van der Waals surface area contributed by atoms with Crippen molar-refractivity contribution in [2.75, 3.05) is 0 Å². The van der Waals surface area contributed by atoms with Gasteiger partial charge in [-0.25, -0.2) is 0 Å². The minimum atomic E-state index is -0.0681. The second-order valence-electron chi connectivity index (χ2n) is 21.0. The highest BCUT2D eigenvalue weighted by atomic mass is 15.0. The molecule has 0 fully saturated rings. The summed E-state index contributed by atoms with van der Waals surface area (Å²) in [6, 6.07) is 60.3. The first-order chi connectivity index (χ1) is 32.0. The van der Waals surface area contributed by atoms with E-state index >= 15 is 0 Å². The van der Waals surface area contributed by atoms with Crippen molar-refractivity contribution in [3.63, 3.8) is 0 Å².